The van der Waals surface area contributed by atoms with E-state index in [1.54, 1.807) is 36.4 Å². The highest BCUT2D eigenvalue weighted by Gasteiger charge is 2.79. The average Bonchev–Trinajstić information content (AvgIpc) is 2.81. The number of carbonyl (C=O) groups excluding carboxylic acids is 1. The van der Waals surface area contributed by atoms with Crippen LogP contribution in [-0.2, 0) is 6.61 Å². The first-order valence-electron chi connectivity index (χ1n) is 11.3. The van der Waals surface area contributed by atoms with E-state index in [1.165, 1.54) is 0 Å². The summed E-state index contributed by atoms with van der Waals surface area (Å²) in [5.41, 5.74) is -0.692. The molecule has 180 valence electrons. The number of ketones is 1. The number of Topliss-reactive ketones (excluding diaryl/α,β-unsaturated/α-hetero) is 1. The second-order valence-corrected chi connectivity index (χ2v) is 9.49. The Kier molecular flexibility index (Phi) is 5.60. The number of hydrogen-bond acceptors (Lipinski definition) is 3. The van der Waals surface area contributed by atoms with E-state index in [-0.39, 0.29) is 19.3 Å². The lowest BCUT2D eigenvalue weighted by molar-refractivity contribution is -0.269. The Morgan fingerprint density at radius 1 is 0.944 bits per heavy atom. The predicted octanol–water partition coefficient (Wildman–Crippen LogP) is 6.46. The van der Waals surface area contributed by atoms with Crippen LogP contribution in [0.4, 0.5) is 17.6 Å². The van der Waals surface area contributed by atoms with E-state index >= 15 is 0 Å². The Morgan fingerprint density at radius 2 is 1.58 bits per heavy atom. The summed E-state index contributed by atoms with van der Waals surface area (Å²) >= 11 is 0. The van der Waals surface area contributed by atoms with Crippen LogP contribution >= 0.6 is 0 Å². The summed E-state index contributed by atoms with van der Waals surface area (Å²) < 4.78 is 62.7. The third-order valence-electron chi connectivity index (χ3n) is 6.97. The van der Waals surface area contributed by atoms with Crippen molar-refractivity contribution in [2.75, 3.05) is 0 Å². The molecule has 0 aliphatic heterocycles. The van der Waals surface area contributed by atoms with Crippen molar-refractivity contribution < 1.29 is 27.1 Å². The van der Waals surface area contributed by atoms with E-state index in [9.17, 15) is 22.4 Å². The Bertz CT molecular complexity index is 1420. The molecular weight excluding hydrogens is 470 g/mol. The minimum atomic E-state index is -3.75. The van der Waals surface area contributed by atoms with Crippen molar-refractivity contribution in [1.82, 2.24) is 0 Å². The summed E-state index contributed by atoms with van der Waals surface area (Å²) in [6.07, 6.45) is 0.168. The van der Waals surface area contributed by atoms with Crippen LogP contribution in [0.15, 0.2) is 66.7 Å². The lowest BCUT2D eigenvalue weighted by Crippen LogP contribution is -2.70. The molecule has 2 bridgehead atoms. The van der Waals surface area contributed by atoms with Crippen molar-refractivity contribution in [1.29, 1.82) is 5.26 Å². The molecule has 0 heterocycles. The van der Waals surface area contributed by atoms with Crippen molar-refractivity contribution in [3.05, 3.63) is 101 Å². The zero-order valence-electron chi connectivity index (χ0n) is 19.0. The second kappa shape index (κ2) is 8.53. The molecule has 0 amide bonds. The zero-order valence-corrected chi connectivity index (χ0v) is 19.0. The average molecular weight is 489 g/mol. The first-order valence-corrected chi connectivity index (χ1v) is 11.3. The number of benzene rings is 3. The van der Waals surface area contributed by atoms with Gasteiger partial charge in [0.2, 0.25) is 5.78 Å². The van der Waals surface area contributed by atoms with Gasteiger partial charge in [0.15, 0.2) is 0 Å². The molecule has 7 heteroatoms. The summed E-state index contributed by atoms with van der Waals surface area (Å²) in [6.45, 7) is 0.344. The highest BCUT2D eigenvalue weighted by Crippen LogP contribution is 2.78. The maximum atomic E-state index is 15.0. The fraction of sp³-hybridized carbons (Fsp3) is 0.241. The topological polar surface area (TPSA) is 50.1 Å². The normalized spacial score (nSPS) is 21.8. The molecule has 3 nitrogen and oxygen atoms in total. The maximum Gasteiger partial charge on any atom is 0.315 e. The SMILES string of the molecule is N#Cc1ccc(COc2ccc(C#CC34CC(C(F)(F)C(=O)c5ccc(F)cc5F)(C3)C4)cc2)cc1. The molecule has 3 aromatic rings. The Morgan fingerprint density at radius 3 is 2.19 bits per heavy atom. The molecule has 36 heavy (non-hydrogen) atoms. The Balaban J connectivity index is 1.18. The molecule has 3 aliphatic carbocycles. The van der Waals surface area contributed by atoms with Gasteiger partial charge in [0.25, 0.3) is 0 Å². The summed E-state index contributed by atoms with van der Waals surface area (Å²) in [7, 11) is 0. The predicted molar refractivity (Wildman–Crippen MR) is 123 cm³/mol. The van der Waals surface area contributed by atoms with Crippen molar-refractivity contribution in [3.8, 4) is 23.7 Å². The van der Waals surface area contributed by atoms with E-state index < -0.39 is 39.7 Å². The van der Waals surface area contributed by atoms with E-state index in [2.05, 4.69) is 17.9 Å². The zero-order chi connectivity index (χ0) is 25.6. The third-order valence-corrected chi connectivity index (χ3v) is 6.97. The van der Waals surface area contributed by atoms with Crippen molar-refractivity contribution >= 4 is 5.78 Å². The molecule has 0 atom stereocenters. The highest BCUT2D eigenvalue weighted by molar-refractivity contribution is 6.02. The third kappa shape index (κ3) is 4.01. The fourth-order valence-electron chi connectivity index (χ4n) is 5.02. The monoisotopic (exact) mass is 489 g/mol. The van der Waals surface area contributed by atoms with Gasteiger partial charge < -0.3 is 4.74 Å². The van der Waals surface area contributed by atoms with Gasteiger partial charge in [-0.25, -0.2) is 8.78 Å². The lowest BCUT2D eigenvalue weighted by Gasteiger charge is -2.69. The molecule has 0 aromatic heterocycles. The van der Waals surface area contributed by atoms with E-state index in [0.29, 0.717) is 29.5 Å². The maximum absolute atomic E-state index is 15.0. The molecule has 3 aliphatic rings. The Labute approximate surface area is 205 Å². The van der Waals surface area contributed by atoms with Gasteiger partial charge in [-0.15, -0.1) is 0 Å². The minimum absolute atomic E-state index is 0.0559. The summed E-state index contributed by atoms with van der Waals surface area (Å²) in [5.74, 6) is -0.849. The summed E-state index contributed by atoms with van der Waals surface area (Å²) in [4.78, 5) is 12.4. The largest absolute Gasteiger partial charge is 0.489 e. The van der Waals surface area contributed by atoms with Crippen LogP contribution in [0.2, 0.25) is 0 Å². The molecule has 3 aromatic carbocycles. The first-order chi connectivity index (χ1) is 17.2. The van der Waals surface area contributed by atoms with E-state index in [1.807, 2.05) is 12.1 Å². The van der Waals surface area contributed by atoms with Crippen LogP contribution < -0.4 is 4.74 Å². The standard InChI is InChI=1S/C29H19F4NO2/c30-22-7-10-24(25(31)13-22)26(35)29(32,33)28-16-27(17-28,18-28)12-11-19-5-8-23(9-6-19)36-15-21-3-1-20(14-34)2-4-21/h1-10,13H,15-18H2. The van der Waals surface area contributed by atoms with Gasteiger partial charge in [0.05, 0.1) is 17.2 Å². The van der Waals surface area contributed by atoms with Crippen LogP contribution in [0.5, 0.6) is 5.75 Å². The highest BCUT2D eigenvalue weighted by atomic mass is 19.3. The quantitative estimate of drug-likeness (QED) is 0.227. The molecule has 3 fully saturated rings. The minimum Gasteiger partial charge on any atom is -0.489 e. The van der Waals surface area contributed by atoms with Gasteiger partial charge in [-0.05, 0) is 73.4 Å². The van der Waals surface area contributed by atoms with Gasteiger partial charge in [0, 0.05) is 22.5 Å². The van der Waals surface area contributed by atoms with Crippen LogP contribution in [0.1, 0.15) is 46.3 Å². The fourth-order valence-corrected chi connectivity index (χ4v) is 5.02. The number of carbonyl (C=O) groups is 1. The van der Waals surface area contributed by atoms with E-state index in [4.69, 9.17) is 10.00 Å². The van der Waals surface area contributed by atoms with Gasteiger partial charge in [0.1, 0.15) is 24.0 Å². The van der Waals surface area contributed by atoms with Gasteiger partial charge in [-0.2, -0.15) is 14.0 Å². The number of alkyl halides is 2. The number of ether oxygens (including phenoxy) is 1. The van der Waals surface area contributed by atoms with Gasteiger partial charge in [-0.3, -0.25) is 4.79 Å². The van der Waals surface area contributed by atoms with Crippen LogP contribution in [-0.4, -0.2) is 11.7 Å². The second-order valence-electron chi connectivity index (χ2n) is 9.49. The molecular formula is C29H19F4NO2. The molecule has 0 N–H and O–H groups in total. The first kappa shape index (κ1) is 23.6. The molecule has 0 unspecified atom stereocenters. The number of nitriles is 1. The summed E-state index contributed by atoms with van der Waals surface area (Å²) in [6, 6.07) is 18.2. The van der Waals surface area contributed by atoms with Crippen molar-refractivity contribution in [2.24, 2.45) is 10.8 Å². The van der Waals surface area contributed by atoms with E-state index in [0.717, 1.165) is 17.7 Å². The van der Waals surface area contributed by atoms with Crippen LogP contribution in [0.25, 0.3) is 0 Å². The number of rotatable bonds is 6. The molecule has 0 saturated heterocycles. The van der Waals surface area contributed by atoms with Crippen LogP contribution in [0, 0.1) is 45.6 Å². The number of nitrogens with zero attached hydrogens (tertiary/aromatic N) is 1. The van der Waals surface area contributed by atoms with Crippen molar-refractivity contribution in [2.45, 2.75) is 31.8 Å². The van der Waals surface area contributed by atoms with Crippen LogP contribution in [0.3, 0.4) is 0 Å². The van der Waals surface area contributed by atoms with Gasteiger partial charge in [-0.1, -0.05) is 24.0 Å². The van der Waals surface area contributed by atoms with Gasteiger partial charge >= 0.3 is 5.92 Å². The molecule has 0 spiro atoms. The Hall–Kier alpha value is -4.10. The summed E-state index contributed by atoms with van der Waals surface area (Å²) in [5, 5.41) is 8.85. The number of hydrogen-bond donors (Lipinski definition) is 0. The number of halogens is 4. The molecule has 6 rings (SSSR count). The van der Waals surface area contributed by atoms with Crippen molar-refractivity contribution in [3.63, 3.8) is 0 Å². The molecule has 0 radical (unpaired) electrons. The lowest BCUT2D eigenvalue weighted by atomic mass is 9.33. The smallest absolute Gasteiger partial charge is 0.315 e. The molecule has 3 saturated carbocycles.